The number of aryl methyl sites for hydroxylation is 2. The average Bonchev–Trinajstić information content (AvgIpc) is 2.59. The summed E-state index contributed by atoms with van der Waals surface area (Å²) in [6.07, 6.45) is 0.692. The van der Waals surface area contributed by atoms with E-state index in [2.05, 4.69) is 4.98 Å². The summed E-state index contributed by atoms with van der Waals surface area (Å²) in [5.41, 5.74) is 2.66. The third-order valence-electron chi connectivity index (χ3n) is 2.16. The summed E-state index contributed by atoms with van der Waals surface area (Å²) in [5, 5.41) is 0. The largest absolute Gasteiger partial charge is 0.438 e. The van der Waals surface area contributed by atoms with E-state index in [4.69, 9.17) is 4.42 Å². The number of oxazole rings is 1. The number of benzene rings is 1. The van der Waals surface area contributed by atoms with Gasteiger partial charge in [-0.2, -0.15) is 0 Å². The summed E-state index contributed by atoms with van der Waals surface area (Å²) in [5.74, 6) is 0.798. The Labute approximate surface area is 87.8 Å². The van der Waals surface area contributed by atoms with Crippen LogP contribution in [0.15, 0.2) is 28.7 Å². The molecule has 0 unspecified atom stereocenters. The Hall–Kier alpha value is -1.90. The van der Waals surface area contributed by atoms with Crippen molar-refractivity contribution in [2.45, 2.75) is 13.8 Å². The van der Waals surface area contributed by atoms with Gasteiger partial charge in [-0.3, -0.25) is 4.79 Å². The Morgan fingerprint density at radius 1 is 1.33 bits per heavy atom. The number of hydrogen-bond donors (Lipinski definition) is 0. The van der Waals surface area contributed by atoms with Gasteiger partial charge in [0.2, 0.25) is 0 Å². The van der Waals surface area contributed by atoms with Gasteiger partial charge < -0.3 is 4.42 Å². The van der Waals surface area contributed by atoms with Gasteiger partial charge in [-0.25, -0.2) is 4.98 Å². The molecule has 3 nitrogen and oxygen atoms in total. The molecule has 0 N–H and O–H groups in total. The van der Waals surface area contributed by atoms with E-state index in [0.29, 0.717) is 17.9 Å². The molecular formula is C12H11NO2. The highest BCUT2D eigenvalue weighted by Gasteiger charge is 2.11. The zero-order chi connectivity index (χ0) is 10.8. The van der Waals surface area contributed by atoms with Crippen LogP contribution in [0.4, 0.5) is 0 Å². The van der Waals surface area contributed by atoms with Crippen molar-refractivity contribution in [2.75, 3.05) is 0 Å². The first-order valence-electron chi connectivity index (χ1n) is 4.70. The van der Waals surface area contributed by atoms with Gasteiger partial charge in [-0.15, -0.1) is 0 Å². The van der Waals surface area contributed by atoms with Crippen LogP contribution >= 0.6 is 0 Å². The standard InChI is InChI=1S/C12H11NO2/c1-8-4-3-5-10(6-8)12-11(7-14)15-9(2)13-12/h3-7H,1-2H3. The lowest BCUT2D eigenvalue weighted by Gasteiger charge is -1.97. The minimum absolute atomic E-state index is 0.290. The highest BCUT2D eigenvalue weighted by atomic mass is 16.4. The van der Waals surface area contributed by atoms with Crippen LogP contribution in [0.25, 0.3) is 11.3 Å². The second-order valence-electron chi connectivity index (χ2n) is 3.43. The summed E-state index contributed by atoms with van der Waals surface area (Å²) in [6.45, 7) is 3.73. The van der Waals surface area contributed by atoms with Gasteiger partial charge in [0.25, 0.3) is 0 Å². The summed E-state index contributed by atoms with van der Waals surface area (Å²) in [7, 11) is 0. The lowest BCUT2D eigenvalue weighted by molar-refractivity contribution is 0.110. The molecule has 2 aromatic rings. The van der Waals surface area contributed by atoms with Gasteiger partial charge in [0, 0.05) is 12.5 Å². The van der Waals surface area contributed by atoms with Crippen molar-refractivity contribution in [1.29, 1.82) is 0 Å². The van der Waals surface area contributed by atoms with Crippen LogP contribution in [0.5, 0.6) is 0 Å². The van der Waals surface area contributed by atoms with Crippen LogP contribution in [-0.4, -0.2) is 11.3 Å². The normalized spacial score (nSPS) is 10.3. The number of hydrogen-bond acceptors (Lipinski definition) is 3. The molecule has 0 saturated heterocycles. The van der Waals surface area contributed by atoms with E-state index < -0.39 is 0 Å². The van der Waals surface area contributed by atoms with Crippen LogP contribution in [-0.2, 0) is 0 Å². The van der Waals surface area contributed by atoms with Crippen LogP contribution < -0.4 is 0 Å². The van der Waals surface area contributed by atoms with E-state index in [1.165, 1.54) is 0 Å². The molecular weight excluding hydrogens is 190 g/mol. The average molecular weight is 201 g/mol. The van der Waals surface area contributed by atoms with E-state index in [-0.39, 0.29) is 5.76 Å². The van der Waals surface area contributed by atoms with Gasteiger partial charge in [0.05, 0.1) is 0 Å². The van der Waals surface area contributed by atoms with E-state index in [0.717, 1.165) is 11.1 Å². The Morgan fingerprint density at radius 2 is 2.13 bits per heavy atom. The molecule has 2 rings (SSSR count). The maximum Gasteiger partial charge on any atom is 0.195 e. The van der Waals surface area contributed by atoms with Gasteiger partial charge >= 0.3 is 0 Å². The maximum absolute atomic E-state index is 10.8. The molecule has 0 radical (unpaired) electrons. The van der Waals surface area contributed by atoms with Gasteiger partial charge in [-0.05, 0) is 13.0 Å². The fourth-order valence-electron chi connectivity index (χ4n) is 1.52. The fourth-order valence-corrected chi connectivity index (χ4v) is 1.52. The molecule has 0 spiro atoms. The first-order valence-corrected chi connectivity index (χ1v) is 4.70. The molecule has 1 heterocycles. The lowest BCUT2D eigenvalue weighted by atomic mass is 10.1. The molecule has 76 valence electrons. The monoisotopic (exact) mass is 201 g/mol. The highest BCUT2D eigenvalue weighted by Crippen LogP contribution is 2.23. The number of nitrogens with zero attached hydrogens (tertiary/aromatic N) is 1. The van der Waals surface area contributed by atoms with Crippen LogP contribution in [0.1, 0.15) is 22.0 Å². The number of aldehydes is 1. The molecule has 0 bridgehead atoms. The van der Waals surface area contributed by atoms with E-state index in [9.17, 15) is 4.79 Å². The molecule has 1 aromatic carbocycles. The molecule has 0 aliphatic carbocycles. The third kappa shape index (κ3) is 1.81. The predicted octanol–water partition coefficient (Wildman–Crippen LogP) is 2.77. The van der Waals surface area contributed by atoms with E-state index in [1.54, 1.807) is 6.92 Å². The topological polar surface area (TPSA) is 43.1 Å². The zero-order valence-electron chi connectivity index (χ0n) is 8.65. The van der Waals surface area contributed by atoms with Gasteiger partial charge in [-0.1, -0.05) is 23.8 Å². The van der Waals surface area contributed by atoms with Crippen molar-refractivity contribution in [2.24, 2.45) is 0 Å². The fraction of sp³-hybridized carbons (Fsp3) is 0.167. The maximum atomic E-state index is 10.8. The summed E-state index contributed by atoms with van der Waals surface area (Å²) in [4.78, 5) is 15.0. The van der Waals surface area contributed by atoms with Crippen LogP contribution in [0, 0.1) is 13.8 Å². The Kier molecular flexibility index (Phi) is 2.37. The van der Waals surface area contributed by atoms with Gasteiger partial charge in [0.1, 0.15) is 5.69 Å². The first-order chi connectivity index (χ1) is 7.20. The summed E-state index contributed by atoms with van der Waals surface area (Å²) in [6, 6.07) is 7.82. The summed E-state index contributed by atoms with van der Waals surface area (Å²) < 4.78 is 5.18. The second kappa shape index (κ2) is 3.69. The molecule has 3 heteroatoms. The van der Waals surface area contributed by atoms with Crippen LogP contribution in [0.2, 0.25) is 0 Å². The number of aromatic nitrogens is 1. The number of carbonyl (C=O) groups is 1. The molecule has 1 aromatic heterocycles. The molecule has 15 heavy (non-hydrogen) atoms. The van der Waals surface area contributed by atoms with Crippen LogP contribution in [0.3, 0.4) is 0 Å². The third-order valence-corrected chi connectivity index (χ3v) is 2.16. The van der Waals surface area contributed by atoms with Gasteiger partial charge in [0.15, 0.2) is 17.9 Å². The highest BCUT2D eigenvalue weighted by molar-refractivity contribution is 5.82. The molecule has 0 aliphatic rings. The molecule has 0 aliphatic heterocycles. The number of rotatable bonds is 2. The predicted molar refractivity (Wildman–Crippen MR) is 56.8 cm³/mol. The SMILES string of the molecule is Cc1cccc(-c2nc(C)oc2C=O)c1. The Morgan fingerprint density at radius 3 is 2.80 bits per heavy atom. The minimum atomic E-state index is 0.290. The minimum Gasteiger partial charge on any atom is -0.438 e. The molecule has 0 saturated carbocycles. The summed E-state index contributed by atoms with van der Waals surface area (Å²) >= 11 is 0. The lowest BCUT2D eigenvalue weighted by Crippen LogP contribution is -1.84. The smallest absolute Gasteiger partial charge is 0.195 e. The zero-order valence-corrected chi connectivity index (χ0v) is 8.65. The van der Waals surface area contributed by atoms with Crippen molar-refractivity contribution in [1.82, 2.24) is 4.98 Å². The van der Waals surface area contributed by atoms with E-state index in [1.807, 2.05) is 31.2 Å². The van der Waals surface area contributed by atoms with Crippen molar-refractivity contribution < 1.29 is 9.21 Å². The van der Waals surface area contributed by atoms with E-state index >= 15 is 0 Å². The van der Waals surface area contributed by atoms with Crippen molar-refractivity contribution in [3.05, 3.63) is 41.5 Å². The molecule has 0 fully saturated rings. The van der Waals surface area contributed by atoms with Crippen molar-refractivity contribution >= 4 is 6.29 Å². The Bertz CT molecular complexity index is 500. The quantitative estimate of drug-likeness (QED) is 0.701. The second-order valence-corrected chi connectivity index (χ2v) is 3.43. The molecule has 0 atom stereocenters. The number of carbonyl (C=O) groups excluding carboxylic acids is 1. The molecule has 0 amide bonds. The Balaban J connectivity index is 2.57. The van der Waals surface area contributed by atoms with Crippen molar-refractivity contribution in [3.63, 3.8) is 0 Å². The first kappa shape index (κ1) is 9.65. The van der Waals surface area contributed by atoms with Crippen molar-refractivity contribution in [3.8, 4) is 11.3 Å².